The van der Waals surface area contributed by atoms with Gasteiger partial charge in [0, 0.05) is 22.8 Å². The summed E-state index contributed by atoms with van der Waals surface area (Å²) in [6, 6.07) is 15.7. The lowest BCUT2D eigenvalue weighted by Gasteiger charge is -2.01. The maximum atomic E-state index is 9.01. The maximum Gasteiger partial charge on any atom is 0.139 e. The van der Waals surface area contributed by atoms with Crippen LogP contribution in [0.1, 0.15) is 5.69 Å². The minimum atomic E-state index is 0.313. The van der Waals surface area contributed by atoms with Gasteiger partial charge in [-0.25, -0.2) is 4.98 Å². The lowest BCUT2D eigenvalue weighted by molar-refractivity contribution is 1.06. The van der Waals surface area contributed by atoms with Crippen molar-refractivity contribution >= 4 is 17.2 Å². The molecule has 19 heavy (non-hydrogen) atoms. The Hall–Kier alpha value is -2.31. The molecule has 0 unspecified atom stereocenters. The minimum absolute atomic E-state index is 0.313. The van der Waals surface area contributed by atoms with Crippen molar-refractivity contribution in [2.75, 3.05) is 0 Å². The van der Waals surface area contributed by atoms with Gasteiger partial charge in [-0.1, -0.05) is 41.9 Å². The summed E-state index contributed by atoms with van der Waals surface area (Å²) in [6.07, 6.45) is 2.16. The molecule has 3 rings (SSSR count). The van der Waals surface area contributed by atoms with Gasteiger partial charge >= 0.3 is 0 Å². The van der Waals surface area contributed by atoms with E-state index in [1.165, 1.54) is 0 Å². The SMILES string of the molecule is N#CCc1c(-c2ccccc2)nc2cc(Cl)ccn12. The van der Waals surface area contributed by atoms with E-state index in [-0.39, 0.29) is 0 Å². The number of imidazole rings is 1. The number of pyridine rings is 1. The number of nitrogens with zero attached hydrogens (tertiary/aromatic N) is 3. The van der Waals surface area contributed by atoms with Gasteiger partial charge < -0.3 is 4.40 Å². The highest BCUT2D eigenvalue weighted by molar-refractivity contribution is 6.30. The number of nitriles is 1. The largest absolute Gasteiger partial charge is 0.302 e. The number of aromatic nitrogens is 2. The van der Waals surface area contributed by atoms with Crippen LogP contribution in [0.25, 0.3) is 16.9 Å². The highest BCUT2D eigenvalue weighted by Crippen LogP contribution is 2.25. The average molecular weight is 268 g/mol. The van der Waals surface area contributed by atoms with Crippen LogP contribution in [0, 0.1) is 11.3 Å². The molecule has 1 aromatic carbocycles. The number of benzene rings is 1. The molecule has 0 amide bonds. The van der Waals surface area contributed by atoms with Crippen molar-refractivity contribution in [2.24, 2.45) is 0 Å². The van der Waals surface area contributed by atoms with Crippen LogP contribution in [-0.2, 0) is 6.42 Å². The third kappa shape index (κ3) is 2.07. The van der Waals surface area contributed by atoms with Crippen LogP contribution in [0.5, 0.6) is 0 Å². The normalized spacial score (nSPS) is 10.5. The summed E-state index contributed by atoms with van der Waals surface area (Å²) in [5, 5.41) is 9.65. The van der Waals surface area contributed by atoms with Crippen molar-refractivity contribution in [3.05, 3.63) is 59.4 Å². The summed E-state index contributed by atoms with van der Waals surface area (Å²) in [4.78, 5) is 4.59. The summed E-state index contributed by atoms with van der Waals surface area (Å²) >= 11 is 5.99. The topological polar surface area (TPSA) is 41.1 Å². The van der Waals surface area contributed by atoms with Gasteiger partial charge in [0.1, 0.15) is 5.65 Å². The fourth-order valence-electron chi connectivity index (χ4n) is 2.14. The van der Waals surface area contributed by atoms with Gasteiger partial charge in [0.05, 0.1) is 23.9 Å². The van der Waals surface area contributed by atoms with E-state index in [0.717, 1.165) is 22.6 Å². The third-order valence-electron chi connectivity index (χ3n) is 2.98. The van der Waals surface area contributed by atoms with Gasteiger partial charge in [-0.2, -0.15) is 5.26 Å². The highest BCUT2D eigenvalue weighted by Gasteiger charge is 2.13. The first kappa shape index (κ1) is 11.8. The molecule has 2 aromatic heterocycles. The Morgan fingerprint density at radius 1 is 1.21 bits per heavy atom. The van der Waals surface area contributed by atoms with Crippen LogP contribution in [0.15, 0.2) is 48.7 Å². The Morgan fingerprint density at radius 2 is 2.00 bits per heavy atom. The second-order valence-corrected chi connectivity index (χ2v) is 4.62. The molecule has 0 bridgehead atoms. The van der Waals surface area contributed by atoms with Crippen molar-refractivity contribution in [3.8, 4) is 17.3 Å². The lowest BCUT2D eigenvalue weighted by Crippen LogP contribution is -1.93. The predicted molar refractivity (Wildman–Crippen MR) is 75.0 cm³/mol. The van der Waals surface area contributed by atoms with E-state index in [1.54, 1.807) is 12.1 Å². The van der Waals surface area contributed by atoms with E-state index in [9.17, 15) is 0 Å². The van der Waals surface area contributed by atoms with E-state index < -0.39 is 0 Å². The molecule has 92 valence electrons. The third-order valence-corrected chi connectivity index (χ3v) is 3.22. The van der Waals surface area contributed by atoms with Crippen LogP contribution >= 0.6 is 11.6 Å². The van der Waals surface area contributed by atoms with Crippen LogP contribution in [-0.4, -0.2) is 9.38 Å². The van der Waals surface area contributed by atoms with Gasteiger partial charge in [0.2, 0.25) is 0 Å². The van der Waals surface area contributed by atoms with Crippen molar-refractivity contribution in [1.82, 2.24) is 9.38 Å². The van der Waals surface area contributed by atoms with Crippen molar-refractivity contribution in [2.45, 2.75) is 6.42 Å². The summed E-state index contributed by atoms with van der Waals surface area (Å²) in [5.41, 5.74) is 3.49. The molecular formula is C15H10ClN3. The van der Waals surface area contributed by atoms with Crippen LogP contribution < -0.4 is 0 Å². The summed E-state index contributed by atoms with van der Waals surface area (Å²) < 4.78 is 1.91. The Balaban J connectivity index is 2.29. The van der Waals surface area contributed by atoms with E-state index in [2.05, 4.69) is 11.1 Å². The fraction of sp³-hybridized carbons (Fsp3) is 0.0667. The van der Waals surface area contributed by atoms with Crippen molar-refractivity contribution in [3.63, 3.8) is 0 Å². The highest BCUT2D eigenvalue weighted by atomic mass is 35.5. The zero-order valence-electron chi connectivity index (χ0n) is 10.0. The molecule has 0 radical (unpaired) electrons. The van der Waals surface area contributed by atoms with Crippen LogP contribution in [0.2, 0.25) is 5.02 Å². The zero-order valence-corrected chi connectivity index (χ0v) is 10.8. The predicted octanol–water partition coefficient (Wildman–Crippen LogP) is 3.72. The molecule has 2 heterocycles. The molecule has 0 atom stereocenters. The number of hydrogen-bond acceptors (Lipinski definition) is 2. The first-order valence-corrected chi connectivity index (χ1v) is 6.26. The molecule has 0 aliphatic carbocycles. The zero-order chi connectivity index (χ0) is 13.2. The molecule has 0 spiro atoms. The Labute approximate surface area is 115 Å². The Bertz CT molecular complexity index is 769. The lowest BCUT2D eigenvalue weighted by atomic mass is 10.1. The van der Waals surface area contributed by atoms with Gasteiger partial charge in [0.15, 0.2) is 0 Å². The molecule has 0 fully saturated rings. The molecule has 3 nitrogen and oxygen atoms in total. The molecule has 0 saturated carbocycles. The molecule has 0 saturated heterocycles. The molecule has 0 N–H and O–H groups in total. The average Bonchev–Trinajstić information content (AvgIpc) is 2.78. The number of fused-ring (bicyclic) bond motifs is 1. The number of rotatable bonds is 2. The standard InChI is InChI=1S/C15H10ClN3/c16-12-7-9-19-13(6-8-17)15(18-14(19)10-12)11-4-2-1-3-5-11/h1-5,7,9-10H,6H2. The van der Waals surface area contributed by atoms with Gasteiger partial charge in [-0.15, -0.1) is 0 Å². The monoisotopic (exact) mass is 267 g/mol. The van der Waals surface area contributed by atoms with Gasteiger partial charge in [-0.05, 0) is 6.07 Å². The second-order valence-electron chi connectivity index (χ2n) is 4.18. The van der Waals surface area contributed by atoms with Crippen LogP contribution in [0.3, 0.4) is 0 Å². The molecule has 4 heteroatoms. The summed E-state index contributed by atoms with van der Waals surface area (Å²) in [7, 11) is 0. The molecule has 3 aromatic rings. The number of hydrogen-bond donors (Lipinski definition) is 0. The Kier molecular flexibility index (Phi) is 2.94. The minimum Gasteiger partial charge on any atom is -0.302 e. The van der Waals surface area contributed by atoms with Gasteiger partial charge in [-0.3, -0.25) is 0 Å². The first-order chi connectivity index (χ1) is 9.29. The second kappa shape index (κ2) is 4.75. The summed E-state index contributed by atoms with van der Waals surface area (Å²) in [5.74, 6) is 0. The van der Waals surface area contributed by atoms with Gasteiger partial charge in [0.25, 0.3) is 0 Å². The summed E-state index contributed by atoms with van der Waals surface area (Å²) in [6.45, 7) is 0. The first-order valence-electron chi connectivity index (χ1n) is 5.88. The Morgan fingerprint density at radius 3 is 2.74 bits per heavy atom. The smallest absolute Gasteiger partial charge is 0.139 e. The molecular weight excluding hydrogens is 258 g/mol. The van der Waals surface area contributed by atoms with E-state index in [0.29, 0.717) is 11.4 Å². The van der Waals surface area contributed by atoms with Crippen LogP contribution in [0.4, 0.5) is 0 Å². The number of halogens is 1. The van der Waals surface area contributed by atoms with Crippen molar-refractivity contribution in [1.29, 1.82) is 5.26 Å². The molecule has 0 aliphatic rings. The fourth-order valence-corrected chi connectivity index (χ4v) is 2.30. The maximum absolute atomic E-state index is 9.01. The van der Waals surface area contributed by atoms with E-state index >= 15 is 0 Å². The van der Waals surface area contributed by atoms with Crippen molar-refractivity contribution < 1.29 is 0 Å². The van der Waals surface area contributed by atoms with E-state index in [1.807, 2.05) is 40.9 Å². The molecule has 0 aliphatic heterocycles. The van der Waals surface area contributed by atoms with E-state index in [4.69, 9.17) is 16.9 Å². The quantitative estimate of drug-likeness (QED) is 0.710.